The van der Waals surface area contributed by atoms with Gasteiger partial charge in [-0.2, -0.15) is 5.10 Å². The maximum Gasteiger partial charge on any atom is 0.170 e. The molecular weight excluding hydrogens is 256 g/mol. The van der Waals surface area contributed by atoms with Gasteiger partial charge in [0.1, 0.15) is 12.4 Å². The number of aryl methyl sites for hydroxylation is 3. The Kier molecular flexibility index (Phi) is 3.93. The van der Waals surface area contributed by atoms with Gasteiger partial charge in [0.25, 0.3) is 0 Å². The second kappa shape index (κ2) is 5.64. The van der Waals surface area contributed by atoms with Crippen molar-refractivity contribution < 1.29 is 9.94 Å². The molecule has 0 radical (unpaired) electrons. The minimum atomic E-state index is 0.0903. The first-order valence-corrected chi connectivity index (χ1v) is 6.21. The Morgan fingerprint density at radius 2 is 2.05 bits per heavy atom. The number of rotatable bonds is 4. The van der Waals surface area contributed by atoms with Crippen molar-refractivity contribution in [3.8, 4) is 5.75 Å². The Labute approximate surface area is 117 Å². The predicted octanol–water partition coefficient (Wildman–Crippen LogP) is 1.71. The van der Waals surface area contributed by atoms with E-state index in [1.165, 1.54) is 0 Å². The second-order valence-corrected chi connectivity index (χ2v) is 4.69. The summed E-state index contributed by atoms with van der Waals surface area (Å²) < 4.78 is 7.55. The molecule has 6 nitrogen and oxygen atoms in total. The molecule has 106 valence electrons. The Hall–Kier alpha value is -2.50. The van der Waals surface area contributed by atoms with Gasteiger partial charge in [0.05, 0.1) is 5.69 Å². The highest BCUT2D eigenvalue weighted by molar-refractivity contribution is 5.97. The van der Waals surface area contributed by atoms with E-state index in [-0.39, 0.29) is 5.84 Å². The molecule has 2 rings (SSSR count). The second-order valence-electron chi connectivity index (χ2n) is 4.69. The Balaban J connectivity index is 2.20. The number of amidine groups is 1. The molecule has 1 aromatic carbocycles. The molecule has 1 aromatic heterocycles. The van der Waals surface area contributed by atoms with E-state index < -0.39 is 0 Å². The maximum absolute atomic E-state index is 8.71. The lowest BCUT2D eigenvalue weighted by atomic mass is 10.1. The summed E-state index contributed by atoms with van der Waals surface area (Å²) >= 11 is 0. The summed E-state index contributed by atoms with van der Waals surface area (Å²) in [5.41, 5.74) is 9.00. The molecule has 0 saturated carbocycles. The highest BCUT2D eigenvalue weighted by atomic mass is 16.5. The third kappa shape index (κ3) is 2.90. The first kappa shape index (κ1) is 13.9. The van der Waals surface area contributed by atoms with Gasteiger partial charge in [-0.05, 0) is 43.2 Å². The zero-order valence-corrected chi connectivity index (χ0v) is 11.8. The highest BCUT2D eigenvalue weighted by Gasteiger charge is 2.10. The molecule has 0 amide bonds. The van der Waals surface area contributed by atoms with E-state index in [9.17, 15) is 0 Å². The van der Waals surface area contributed by atoms with Crippen LogP contribution < -0.4 is 10.5 Å². The average molecular weight is 274 g/mol. The summed E-state index contributed by atoms with van der Waals surface area (Å²) in [5.74, 6) is 0.887. The van der Waals surface area contributed by atoms with E-state index in [0.717, 1.165) is 22.6 Å². The Morgan fingerprint density at radius 3 is 2.55 bits per heavy atom. The summed E-state index contributed by atoms with van der Waals surface area (Å²) in [6, 6.07) is 5.57. The molecule has 0 spiro atoms. The van der Waals surface area contributed by atoms with E-state index in [2.05, 4.69) is 10.3 Å². The third-order valence-corrected chi connectivity index (χ3v) is 3.00. The zero-order chi connectivity index (χ0) is 14.7. The van der Waals surface area contributed by atoms with Gasteiger partial charge in [0.15, 0.2) is 5.84 Å². The van der Waals surface area contributed by atoms with Crippen LogP contribution in [0.15, 0.2) is 29.6 Å². The normalized spacial score (nSPS) is 11.7. The summed E-state index contributed by atoms with van der Waals surface area (Å²) in [5, 5.41) is 16.0. The van der Waals surface area contributed by atoms with E-state index in [1.54, 1.807) is 4.68 Å². The molecule has 0 aliphatic heterocycles. The number of oxime groups is 1. The largest absolute Gasteiger partial charge is 0.487 e. The fourth-order valence-electron chi connectivity index (χ4n) is 2.07. The van der Waals surface area contributed by atoms with Crippen molar-refractivity contribution in [1.82, 2.24) is 9.78 Å². The number of ether oxygens (including phenoxy) is 1. The topological polar surface area (TPSA) is 85.7 Å². The van der Waals surface area contributed by atoms with Gasteiger partial charge in [-0.25, -0.2) is 0 Å². The van der Waals surface area contributed by atoms with E-state index >= 15 is 0 Å². The van der Waals surface area contributed by atoms with Crippen molar-refractivity contribution in [2.24, 2.45) is 17.9 Å². The van der Waals surface area contributed by atoms with Crippen LogP contribution in [0.1, 0.15) is 22.4 Å². The molecule has 0 aliphatic carbocycles. The van der Waals surface area contributed by atoms with Gasteiger partial charge in [-0.3, -0.25) is 4.68 Å². The smallest absolute Gasteiger partial charge is 0.170 e. The van der Waals surface area contributed by atoms with Crippen molar-refractivity contribution >= 4 is 5.84 Å². The van der Waals surface area contributed by atoms with Crippen molar-refractivity contribution in [1.29, 1.82) is 0 Å². The van der Waals surface area contributed by atoms with Crippen LogP contribution in [-0.2, 0) is 13.7 Å². The molecule has 2 aromatic rings. The molecule has 20 heavy (non-hydrogen) atoms. The molecule has 0 saturated heterocycles. The molecule has 1 heterocycles. The van der Waals surface area contributed by atoms with Crippen LogP contribution in [0.5, 0.6) is 5.75 Å². The molecule has 6 heteroatoms. The SMILES string of the molecule is Cc1cc(/C(N)=N/O)cc(C)c1OCc1ccn(C)n1. The minimum absolute atomic E-state index is 0.0903. The fraction of sp³-hybridized carbons (Fsp3) is 0.286. The van der Waals surface area contributed by atoms with Gasteiger partial charge in [-0.1, -0.05) is 5.16 Å². The molecule has 0 unspecified atom stereocenters. The van der Waals surface area contributed by atoms with Crippen LogP contribution in [0.25, 0.3) is 0 Å². The lowest BCUT2D eigenvalue weighted by Crippen LogP contribution is -2.14. The van der Waals surface area contributed by atoms with Gasteiger partial charge >= 0.3 is 0 Å². The fourth-order valence-corrected chi connectivity index (χ4v) is 2.07. The first-order valence-electron chi connectivity index (χ1n) is 6.21. The van der Waals surface area contributed by atoms with Crippen molar-refractivity contribution in [2.45, 2.75) is 20.5 Å². The Bertz CT molecular complexity index is 623. The molecule has 0 bridgehead atoms. The van der Waals surface area contributed by atoms with Crippen LogP contribution in [-0.4, -0.2) is 20.8 Å². The molecule has 3 N–H and O–H groups in total. The monoisotopic (exact) mass is 274 g/mol. The lowest BCUT2D eigenvalue weighted by molar-refractivity contribution is 0.296. The number of nitrogens with two attached hydrogens (primary N) is 1. The molecular formula is C14H18N4O2. The van der Waals surface area contributed by atoms with E-state index in [0.29, 0.717) is 12.2 Å². The van der Waals surface area contributed by atoms with Crippen molar-refractivity contribution in [2.75, 3.05) is 0 Å². The number of nitrogens with zero attached hydrogens (tertiary/aromatic N) is 3. The van der Waals surface area contributed by atoms with E-state index in [1.807, 2.05) is 45.3 Å². The highest BCUT2D eigenvalue weighted by Crippen LogP contribution is 2.25. The van der Waals surface area contributed by atoms with Crippen LogP contribution in [0, 0.1) is 13.8 Å². The van der Waals surface area contributed by atoms with E-state index in [4.69, 9.17) is 15.7 Å². The molecule has 0 fully saturated rings. The standard InChI is InChI=1S/C14H18N4O2/c1-9-6-11(14(15)17-19)7-10(2)13(9)20-8-12-4-5-18(3)16-12/h4-7,19H,8H2,1-3H3,(H2,15,17). The molecule has 0 aliphatic rings. The summed E-state index contributed by atoms with van der Waals surface area (Å²) in [6.45, 7) is 4.26. The van der Waals surface area contributed by atoms with Crippen molar-refractivity contribution in [3.05, 3.63) is 46.8 Å². The summed E-state index contributed by atoms with van der Waals surface area (Å²) in [6.07, 6.45) is 1.87. The van der Waals surface area contributed by atoms with Gasteiger partial charge in [0, 0.05) is 18.8 Å². The van der Waals surface area contributed by atoms with Gasteiger partial charge in [0.2, 0.25) is 0 Å². The lowest BCUT2D eigenvalue weighted by Gasteiger charge is -2.13. The Morgan fingerprint density at radius 1 is 1.40 bits per heavy atom. The van der Waals surface area contributed by atoms with Crippen molar-refractivity contribution in [3.63, 3.8) is 0 Å². The molecule has 0 atom stereocenters. The minimum Gasteiger partial charge on any atom is -0.487 e. The number of hydrogen-bond donors (Lipinski definition) is 2. The van der Waals surface area contributed by atoms with Crippen LogP contribution in [0.2, 0.25) is 0 Å². The average Bonchev–Trinajstić information content (AvgIpc) is 2.82. The van der Waals surface area contributed by atoms with Crippen LogP contribution >= 0.6 is 0 Å². The van der Waals surface area contributed by atoms with Gasteiger partial charge < -0.3 is 15.7 Å². The summed E-state index contributed by atoms with van der Waals surface area (Å²) in [7, 11) is 1.87. The van der Waals surface area contributed by atoms with Gasteiger partial charge in [-0.15, -0.1) is 0 Å². The maximum atomic E-state index is 8.71. The number of benzene rings is 1. The first-order chi connectivity index (χ1) is 9.51. The predicted molar refractivity (Wildman–Crippen MR) is 76.0 cm³/mol. The zero-order valence-electron chi connectivity index (χ0n) is 11.8. The third-order valence-electron chi connectivity index (χ3n) is 3.00. The number of hydrogen-bond acceptors (Lipinski definition) is 4. The van der Waals surface area contributed by atoms with Crippen LogP contribution in [0.3, 0.4) is 0 Å². The quantitative estimate of drug-likeness (QED) is 0.384. The van der Waals surface area contributed by atoms with Crippen LogP contribution in [0.4, 0.5) is 0 Å². The number of aromatic nitrogens is 2. The summed E-state index contributed by atoms with van der Waals surface area (Å²) in [4.78, 5) is 0.